The van der Waals surface area contributed by atoms with E-state index in [1.807, 2.05) is 29.3 Å². The van der Waals surface area contributed by atoms with Gasteiger partial charge in [-0.25, -0.2) is 19.7 Å². The molecule has 2 amide bonds. The number of aromatic nitrogens is 5. The van der Waals surface area contributed by atoms with E-state index in [4.69, 9.17) is 4.74 Å². The molecular weight excluding hydrogens is 388 g/mol. The fourth-order valence-corrected chi connectivity index (χ4v) is 3.39. The molecule has 1 atom stereocenters. The molecule has 4 rings (SSSR count). The van der Waals surface area contributed by atoms with Gasteiger partial charge in [0, 0.05) is 26.2 Å². The number of nitrogens with one attached hydrogen (secondary N) is 2. The normalized spacial score (nSPS) is 16.0. The van der Waals surface area contributed by atoms with Crippen molar-refractivity contribution in [3.63, 3.8) is 0 Å². The molecule has 1 aliphatic rings. The molecule has 11 nitrogen and oxygen atoms in total. The first kappa shape index (κ1) is 19.6. The lowest BCUT2D eigenvalue weighted by Gasteiger charge is -2.17. The standard InChI is InChI=1S/C19H22N8O3/c1-11-8-27-10-15(24-17(27)12(2)23-11)25-18(28)14-6-22-16(7-21-14)26-5-4-13(9-26)30-19(29)20-3/h6-8,10,13H,4-5,9H2,1-3H3,(H,20,29)(H,25,28)/t13-/m1/s1. The van der Waals surface area contributed by atoms with Crippen LogP contribution >= 0.6 is 0 Å². The molecule has 3 aromatic heterocycles. The third kappa shape index (κ3) is 4.00. The Morgan fingerprint density at radius 2 is 2.00 bits per heavy atom. The smallest absolute Gasteiger partial charge is 0.407 e. The van der Waals surface area contributed by atoms with E-state index in [0.717, 1.165) is 11.4 Å². The average Bonchev–Trinajstić information content (AvgIpc) is 3.35. The Kier molecular flexibility index (Phi) is 5.17. The molecule has 0 radical (unpaired) electrons. The van der Waals surface area contributed by atoms with Crippen molar-refractivity contribution in [2.45, 2.75) is 26.4 Å². The van der Waals surface area contributed by atoms with Gasteiger partial charge in [-0.05, 0) is 13.8 Å². The van der Waals surface area contributed by atoms with E-state index >= 15 is 0 Å². The van der Waals surface area contributed by atoms with Crippen molar-refractivity contribution in [1.29, 1.82) is 0 Å². The average molecular weight is 410 g/mol. The molecule has 0 spiro atoms. The Hall–Kier alpha value is -3.76. The number of carbonyl (C=O) groups is 2. The number of fused-ring (bicyclic) bond motifs is 1. The topological polar surface area (TPSA) is 127 Å². The zero-order valence-corrected chi connectivity index (χ0v) is 16.9. The van der Waals surface area contributed by atoms with Crippen LogP contribution in [0.2, 0.25) is 0 Å². The number of amides is 2. The van der Waals surface area contributed by atoms with Gasteiger partial charge >= 0.3 is 6.09 Å². The Bertz CT molecular complexity index is 1100. The Morgan fingerprint density at radius 3 is 2.73 bits per heavy atom. The highest BCUT2D eigenvalue weighted by atomic mass is 16.6. The van der Waals surface area contributed by atoms with Gasteiger partial charge in [0.15, 0.2) is 11.5 Å². The summed E-state index contributed by atoms with van der Waals surface area (Å²) >= 11 is 0. The van der Waals surface area contributed by atoms with Gasteiger partial charge in [-0.3, -0.25) is 9.78 Å². The third-order valence-electron chi connectivity index (χ3n) is 4.79. The lowest BCUT2D eigenvalue weighted by Crippen LogP contribution is -2.29. The highest BCUT2D eigenvalue weighted by molar-refractivity contribution is 6.02. The van der Waals surface area contributed by atoms with Crippen LogP contribution in [0.15, 0.2) is 24.8 Å². The number of imidazole rings is 1. The molecule has 1 saturated heterocycles. The maximum atomic E-state index is 12.5. The summed E-state index contributed by atoms with van der Waals surface area (Å²) in [4.78, 5) is 43.2. The largest absolute Gasteiger partial charge is 0.444 e. The van der Waals surface area contributed by atoms with Crippen LogP contribution in [0.3, 0.4) is 0 Å². The number of aryl methyl sites for hydroxylation is 2. The van der Waals surface area contributed by atoms with Gasteiger partial charge in [0.25, 0.3) is 5.91 Å². The second kappa shape index (κ2) is 7.93. The lowest BCUT2D eigenvalue weighted by molar-refractivity contribution is 0.102. The van der Waals surface area contributed by atoms with Gasteiger partial charge in [0.2, 0.25) is 0 Å². The van der Waals surface area contributed by atoms with Crippen LogP contribution in [0, 0.1) is 13.8 Å². The quantitative estimate of drug-likeness (QED) is 0.659. The zero-order chi connectivity index (χ0) is 21.3. The number of nitrogens with zero attached hydrogens (tertiary/aromatic N) is 6. The van der Waals surface area contributed by atoms with Gasteiger partial charge in [-0.2, -0.15) is 0 Å². The lowest BCUT2D eigenvalue weighted by atomic mass is 10.3. The maximum Gasteiger partial charge on any atom is 0.407 e. The van der Waals surface area contributed by atoms with Crippen LogP contribution < -0.4 is 15.5 Å². The maximum absolute atomic E-state index is 12.5. The van der Waals surface area contributed by atoms with E-state index < -0.39 is 12.0 Å². The minimum absolute atomic E-state index is 0.180. The minimum Gasteiger partial charge on any atom is -0.444 e. The summed E-state index contributed by atoms with van der Waals surface area (Å²) < 4.78 is 7.09. The SMILES string of the molecule is CNC(=O)O[C@@H]1CCN(c2cnc(C(=O)Nc3cn4cc(C)nc(C)c4n3)cn2)C1. The molecular formula is C19H22N8O3. The molecule has 0 bridgehead atoms. The van der Waals surface area contributed by atoms with Crippen molar-refractivity contribution in [1.82, 2.24) is 29.7 Å². The van der Waals surface area contributed by atoms with E-state index in [2.05, 4.69) is 30.6 Å². The molecule has 30 heavy (non-hydrogen) atoms. The summed E-state index contributed by atoms with van der Waals surface area (Å²) in [6.45, 7) is 4.99. The zero-order valence-electron chi connectivity index (χ0n) is 16.9. The van der Waals surface area contributed by atoms with Gasteiger partial charge in [0.05, 0.1) is 36.5 Å². The van der Waals surface area contributed by atoms with Crippen LogP contribution in [0.1, 0.15) is 28.3 Å². The summed E-state index contributed by atoms with van der Waals surface area (Å²) in [7, 11) is 1.52. The van der Waals surface area contributed by atoms with Crippen LogP contribution in [-0.2, 0) is 4.74 Å². The highest BCUT2D eigenvalue weighted by Crippen LogP contribution is 2.19. The van der Waals surface area contributed by atoms with Gasteiger partial charge < -0.3 is 24.7 Å². The van der Waals surface area contributed by atoms with Crippen molar-refractivity contribution in [3.05, 3.63) is 41.9 Å². The summed E-state index contributed by atoms with van der Waals surface area (Å²) in [6, 6.07) is 0. The summed E-state index contributed by atoms with van der Waals surface area (Å²) in [5.41, 5.74) is 2.50. The van der Waals surface area contributed by atoms with Crippen molar-refractivity contribution in [2.75, 3.05) is 30.4 Å². The molecule has 2 N–H and O–H groups in total. The van der Waals surface area contributed by atoms with Crippen molar-refractivity contribution >= 4 is 29.3 Å². The van der Waals surface area contributed by atoms with Crippen LogP contribution in [-0.4, -0.2) is 62.6 Å². The second-order valence-electron chi connectivity index (χ2n) is 7.05. The van der Waals surface area contributed by atoms with Crippen LogP contribution in [0.25, 0.3) is 5.65 Å². The van der Waals surface area contributed by atoms with Crippen molar-refractivity contribution in [3.8, 4) is 0 Å². The molecule has 156 valence electrons. The molecule has 1 aliphatic heterocycles. The van der Waals surface area contributed by atoms with Crippen molar-refractivity contribution < 1.29 is 14.3 Å². The molecule has 4 heterocycles. The number of anilines is 2. The first-order valence-corrected chi connectivity index (χ1v) is 9.52. The molecule has 3 aromatic rings. The fourth-order valence-electron chi connectivity index (χ4n) is 3.39. The summed E-state index contributed by atoms with van der Waals surface area (Å²) in [6.07, 6.45) is 6.59. The number of rotatable bonds is 4. The van der Waals surface area contributed by atoms with E-state index in [-0.39, 0.29) is 11.8 Å². The number of hydrogen-bond donors (Lipinski definition) is 2. The Labute approximate surface area is 172 Å². The van der Waals surface area contributed by atoms with Gasteiger partial charge in [-0.1, -0.05) is 0 Å². The molecule has 1 fully saturated rings. The van der Waals surface area contributed by atoms with E-state index in [1.165, 1.54) is 19.4 Å². The Balaban J connectivity index is 1.41. The van der Waals surface area contributed by atoms with Crippen LogP contribution in [0.4, 0.5) is 16.4 Å². The predicted octanol–water partition coefficient (Wildman–Crippen LogP) is 1.32. The number of hydrogen-bond acceptors (Lipinski definition) is 8. The Morgan fingerprint density at radius 1 is 1.17 bits per heavy atom. The predicted molar refractivity (Wildman–Crippen MR) is 109 cm³/mol. The molecule has 0 aliphatic carbocycles. The molecule has 0 saturated carbocycles. The number of ether oxygens (including phenoxy) is 1. The minimum atomic E-state index is -0.451. The number of alkyl carbamates (subject to hydrolysis) is 1. The van der Waals surface area contributed by atoms with Gasteiger partial charge in [0.1, 0.15) is 17.6 Å². The number of carbonyl (C=O) groups excluding carboxylic acids is 2. The first-order valence-electron chi connectivity index (χ1n) is 9.52. The van der Waals surface area contributed by atoms with Crippen molar-refractivity contribution in [2.24, 2.45) is 0 Å². The monoisotopic (exact) mass is 410 g/mol. The first-order chi connectivity index (χ1) is 14.4. The second-order valence-corrected chi connectivity index (χ2v) is 7.05. The van der Waals surface area contributed by atoms with E-state index in [9.17, 15) is 9.59 Å². The molecule has 0 unspecified atom stereocenters. The van der Waals surface area contributed by atoms with Crippen LogP contribution in [0.5, 0.6) is 0 Å². The van der Waals surface area contributed by atoms with E-state index in [1.54, 1.807) is 6.20 Å². The molecule has 0 aromatic carbocycles. The fraction of sp³-hybridized carbons (Fsp3) is 0.368. The summed E-state index contributed by atoms with van der Waals surface area (Å²) in [5.74, 6) is 0.636. The summed E-state index contributed by atoms with van der Waals surface area (Å²) in [5, 5.41) is 5.18. The third-order valence-corrected chi connectivity index (χ3v) is 4.79. The van der Waals surface area contributed by atoms with E-state index in [0.29, 0.717) is 36.8 Å². The highest BCUT2D eigenvalue weighted by Gasteiger charge is 2.26. The van der Waals surface area contributed by atoms with Gasteiger partial charge in [-0.15, -0.1) is 0 Å². The molecule has 11 heteroatoms.